The first-order valence-electron chi connectivity index (χ1n) is 16.1. The quantitative estimate of drug-likeness (QED) is 0.196. The van der Waals surface area contributed by atoms with Crippen LogP contribution in [0.5, 0.6) is 0 Å². The van der Waals surface area contributed by atoms with Crippen LogP contribution >= 0.6 is 0 Å². The molecule has 8 aromatic rings. The van der Waals surface area contributed by atoms with E-state index >= 15 is 0 Å². The van der Waals surface area contributed by atoms with Crippen molar-refractivity contribution in [1.82, 2.24) is 4.98 Å². The van der Waals surface area contributed by atoms with Gasteiger partial charge in [-0.3, -0.25) is 0 Å². The maximum absolute atomic E-state index is 6.19. The van der Waals surface area contributed by atoms with Crippen molar-refractivity contribution in [3.05, 3.63) is 169 Å². The molecule has 47 heavy (non-hydrogen) atoms. The van der Waals surface area contributed by atoms with Gasteiger partial charge in [-0.05, 0) is 99.4 Å². The zero-order chi connectivity index (χ0) is 31.5. The average molecular weight is 605 g/mol. The van der Waals surface area contributed by atoms with Crippen molar-refractivity contribution in [1.29, 1.82) is 0 Å². The normalized spacial score (nSPS) is 13.1. The molecule has 0 saturated carbocycles. The third kappa shape index (κ3) is 4.46. The Balaban J connectivity index is 1.19. The molecule has 1 heterocycles. The molecule has 3 nitrogen and oxygen atoms in total. The summed E-state index contributed by atoms with van der Waals surface area (Å²) >= 11 is 0. The summed E-state index contributed by atoms with van der Waals surface area (Å²) in [5.41, 5.74) is 13.6. The van der Waals surface area contributed by atoms with Gasteiger partial charge >= 0.3 is 0 Å². The lowest BCUT2D eigenvalue weighted by Gasteiger charge is -2.28. The van der Waals surface area contributed by atoms with E-state index in [1.807, 2.05) is 36.4 Å². The summed E-state index contributed by atoms with van der Waals surface area (Å²) in [6.07, 6.45) is 0. The molecule has 1 aliphatic rings. The van der Waals surface area contributed by atoms with Crippen LogP contribution in [0.4, 0.5) is 17.1 Å². The SMILES string of the molecule is CC1(C)c2ccccc2-c2ccc(N(c3ccc(-c4ccccc4)cc3)c3ccc4c(ccc5oc(-c6ccccc6)nc54)c3)cc21. The minimum absolute atomic E-state index is 0.0941. The van der Waals surface area contributed by atoms with Gasteiger partial charge in [-0.1, -0.05) is 111 Å². The van der Waals surface area contributed by atoms with E-state index in [0.29, 0.717) is 5.89 Å². The standard InChI is InChI=1S/C44H32N2O/c1-44(2)39-16-10-9-15-37(39)38-25-23-35(28-40(38)44)46(33-20-17-30(18-21-33)29-11-5-3-6-12-29)34-22-24-36-32(27-34)19-26-41-42(36)45-43(47-41)31-13-7-4-8-14-31/h3-28H,1-2H3. The second-order valence-corrected chi connectivity index (χ2v) is 12.9. The van der Waals surface area contributed by atoms with Gasteiger partial charge in [0.25, 0.3) is 0 Å². The zero-order valence-corrected chi connectivity index (χ0v) is 26.3. The second-order valence-electron chi connectivity index (χ2n) is 12.9. The number of aromatic nitrogens is 1. The van der Waals surface area contributed by atoms with E-state index in [0.717, 1.165) is 44.5 Å². The zero-order valence-electron chi connectivity index (χ0n) is 26.3. The number of fused-ring (bicyclic) bond motifs is 6. The molecule has 0 saturated heterocycles. The minimum atomic E-state index is -0.0941. The molecule has 0 unspecified atom stereocenters. The third-order valence-electron chi connectivity index (χ3n) is 9.69. The molecule has 7 aromatic carbocycles. The molecule has 0 amide bonds. The summed E-state index contributed by atoms with van der Waals surface area (Å²) in [6, 6.07) is 56.1. The van der Waals surface area contributed by atoms with Gasteiger partial charge in [0.15, 0.2) is 5.58 Å². The van der Waals surface area contributed by atoms with Gasteiger partial charge in [0.2, 0.25) is 5.89 Å². The van der Waals surface area contributed by atoms with Gasteiger partial charge in [0.05, 0.1) is 0 Å². The lowest BCUT2D eigenvalue weighted by Crippen LogP contribution is -2.16. The van der Waals surface area contributed by atoms with Crippen molar-refractivity contribution in [3.63, 3.8) is 0 Å². The van der Waals surface area contributed by atoms with Crippen LogP contribution < -0.4 is 4.90 Å². The predicted octanol–water partition coefficient (Wildman–Crippen LogP) is 12.1. The summed E-state index contributed by atoms with van der Waals surface area (Å²) in [7, 11) is 0. The first-order chi connectivity index (χ1) is 23.0. The fourth-order valence-corrected chi connectivity index (χ4v) is 7.26. The first kappa shape index (κ1) is 27.4. The van der Waals surface area contributed by atoms with Crippen LogP contribution in [0, 0.1) is 0 Å². The Morgan fingerprint density at radius 2 is 1.13 bits per heavy atom. The number of benzene rings is 7. The van der Waals surface area contributed by atoms with Crippen LogP contribution in [-0.4, -0.2) is 4.98 Å². The lowest BCUT2D eigenvalue weighted by atomic mass is 9.82. The Bertz CT molecular complexity index is 2420. The smallest absolute Gasteiger partial charge is 0.227 e. The van der Waals surface area contributed by atoms with Gasteiger partial charge < -0.3 is 9.32 Å². The van der Waals surface area contributed by atoms with E-state index in [1.54, 1.807) is 0 Å². The van der Waals surface area contributed by atoms with Crippen molar-refractivity contribution in [2.45, 2.75) is 19.3 Å². The topological polar surface area (TPSA) is 29.3 Å². The van der Waals surface area contributed by atoms with Gasteiger partial charge in [-0.2, -0.15) is 0 Å². The summed E-state index contributed by atoms with van der Waals surface area (Å²) in [6.45, 7) is 4.67. The summed E-state index contributed by atoms with van der Waals surface area (Å²) < 4.78 is 6.19. The number of hydrogen-bond donors (Lipinski definition) is 0. The van der Waals surface area contributed by atoms with Crippen molar-refractivity contribution in [2.24, 2.45) is 0 Å². The number of nitrogens with zero attached hydrogens (tertiary/aromatic N) is 2. The van der Waals surface area contributed by atoms with E-state index in [4.69, 9.17) is 9.40 Å². The largest absolute Gasteiger partial charge is 0.436 e. The molecule has 0 fully saturated rings. The number of anilines is 3. The van der Waals surface area contributed by atoms with Gasteiger partial charge in [0.1, 0.15) is 5.52 Å². The molecular formula is C44H32N2O. The Morgan fingerprint density at radius 3 is 1.91 bits per heavy atom. The Morgan fingerprint density at radius 1 is 0.511 bits per heavy atom. The fourth-order valence-electron chi connectivity index (χ4n) is 7.26. The van der Waals surface area contributed by atoms with E-state index in [2.05, 4.69) is 140 Å². The highest BCUT2D eigenvalue weighted by atomic mass is 16.3. The molecule has 9 rings (SSSR count). The highest BCUT2D eigenvalue weighted by Crippen LogP contribution is 2.50. The summed E-state index contributed by atoms with van der Waals surface area (Å²) in [4.78, 5) is 7.31. The van der Waals surface area contributed by atoms with E-state index in [1.165, 1.54) is 33.4 Å². The maximum atomic E-state index is 6.19. The van der Waals surface area contributed by atoms with Crippen molar-refractivity contribution >= 4 is 38.9 Å². The summed E-state index contributed by atoms with van der Waals surface area (Å²) in [5, 5.41) is 2.19. The Kier molecular flexibility index (Phi) is 6.16. The summed E-state index contributed by atoms with van der Waals surface area (Å²) in [5.74, 6) is 0.638. The highest BCUT2D eigenvalue weighted by molar-refractivity contribution is 6.05. The molecule has 0 spiro atoms. The van der Waals surface area contributed by atoms with Crippen molar-refractivity contribution < 1.29 is 4.42 Å². The molecule has 0 atom stereocenters. The van der Waals surface area contributed by atoms with Gasteiger partial charge in [0, 0.05) is 33.4 Å². The predicted molar refractivity (Wildman–Crippen MR) is 195 cm³/mol. The monoisotopic (exact) mass is 604 g/mol. The molecule has 0 bridgehead atoms. The molecule has 3 heteroatoms. The van der Waals surface area contributed by atoms with Crippen LogP contribution in [0.3, 0.4) is 0 Å². The minimum Gasteiger partial charge on any atom is -0.436 e. The maximum Gasteiger partial charge on any atom is 0.227 e. The van der Waals surface area contributed by atoms with E-state index < -0.39 is 0 Å². The molecule has 0 N–H and O–H groups in total. The average Bonchev–Trinajstić information content (AvgIpc) is 3.67. The van der Waals surface area contributed by atoms with Crippen molar-refractivity contribution in [3.8, 4) is 33.7 Å². The Hall–Kier alpha value is -5.93. The number of hydrogen-bond acceptors (Lipinski definition) is 3. The molecule has 1 aromatic heterocycles. The van der Waals surface area contributed by atoms with Crippen LogP contribution in [0.2, 0.25) is 0 Å². The lowest BCUT2D eigenvalue weighted by molar-refractivity contribution is 0.620. The van der Waals surface area contributed by atoms with Crippen molar-refractivity contribution in [2.75, 3.05) is 4.90 Å². The number of oxazole rings is 1. The molecule has 0 radical (unpaired) electrons. The third-order valence-corrected chi connectivity index (χ3v) is 9.69. The molecule has 1 aliphatic carbocycles. The van der Waals surface area contributed by atoms with Crippen LogP contribution in [0.15, 0.2) is 162 Å². The van der Waals surface area contributed by atoms with Gasteiger partial charge in [-0.15, -0.1) is 0 Å². The van der Waals surface area contributed by atoms with Gasteiger partial charge in [-0.25, -0.2) is 4.98 Å². The fraction of sp³-hybridized carbons (Fsp3) is 0.0682. The number of rotatable bonds is 5. The first-order valence-corrected chi connectivity index (χ1v) is 16.1. The highest BCUT2D eigenvalue weighted by Gasteiger charge is 2.35. The Labute approximate surface area is 274 Å². The van der Waals surface area contributed by atoms with Crippen LogP contribution in [0.25, 0.3) is 55.6 Å². The molecule has 0 aliphatic heterocycles. The van der Waals surface area contributed by atoms with E-state index in [-0.39, 0.29) is 5.41 Å². The second kappa shape index (κ2) is 10.6. The van der Waals surface area contributed by atoms with E-state index in [9.17, 15) is 0 Å². The van der Waals surface area contributed by atoms with Crippen LogP contribution in [0.1, 0.15) is 25.0 Å². The molecule has 224 valence electrons. The molecular weight excluding hydrogens is 572 g/mol. The van der Waals surface area contributed by atoms with Crippen LogP contribution in [-0.2, 0) is 5.41 Å².